The Bertz CT molecular complexity index is 1180. The van der Waals surface area contributed by atoms with Gasteiger partial charge in [-0.2, -0.15) is 5.10 Å². The molecule has 0 fully saturated rings. The number of aromatic nitrogens is 6. The number of methoxy groups -OCH3 is 1. The van der Waals surface area contributed by atoms with Crippen LogP contribution < -0.4 is 10.1 Å². The molecule has 0 spiro atoms. The van der Waals surface area contributed by atoms with Crippen LogP contribution in [0.3, 0.4) is 0 Å². The molecule has 4 aromatic rings. The lowest BCUT2D eigenvalue weighted by atomic mass is 10.1. The van der Waals surface area contributed by atoms with Gasteiger partial charge in [0.15, 0.2) is 16.1 Å². The van der Waals surface area contributed by atoms with Gasteiger partial charge in [0.25, 0.3) is 0 Å². The maximum atomic E-state index is 12.2. The highest BCUT2D eigenvalue weighted by Crippen LogP contribution is 2.33. The van der Waals surface area contributed by atoms with E-state index in [0.29, 0.717) is 22.7 Å². The van der Waals surface area contributed by atoms with Gasteiger partial charge in [-0.05, 0) is 19.1 Å². The minimum atomic E-state index is -0.134. The Balaban J connectivity index is 1.59. The van der Waals surface area contributed by atoms with Crippen molar-refractivity contribution in [3.8, 4) is 28.4 Å². The number of amides is 1. The van der Waals surface area contributed by atoms with Gasteiger partial charge in [0, 0.05) is 36.9 Å². The Morgan fingerprint density at radius 2 is 2.19 bits per heavy atom. The van der Waals surface area contributed by atoms with Crippen LogP contribution in [0.25, 0.3) is 22.6 Å². The third-order valence-electron chi connectivity index (χ3n) is 4.46. The van der Waals surface area contributed by atoms with Crippen LogP contribution in [0.1, 0.15) is 6.92 Å². The summed E-state index contributed by atoms with van der Waals surface area (Å²) in [6, 6.07) is 7.75. The van der Waals surface area contributed by atoms with Gasteiger partial charge in [0.1, 0.15) is 11.4 Å². The molecule has 0 unspecified atom stereocenters. The lowest BCUT2D eigenvalue weighted by Gasteiger charge is -2.08. The highest BCUT2D eigenvalue weighted by atomic mass is 32.2. The van der Waals surface area contributed by atoms with E-state index < -0.39 is 0 Å². The van der Waals surface area contributed by atoms with Gasteiger partial charge in [0.05, 0.1) is 18.4 Å². The third-order valence-corrected chi connectivity index (χ3v) is 6.11. The van der Waals surface area contributed by atoms with E-state index in [1.54, 1.807) is 18.0 Å². The summed E-state index contributed by atoms with van der Waals surface area (Å²) in [5.74, 6) is 1.54. The second-order valence-electron chi connectivity index (χ2n) is 6.52. The SMILES string of the molecule is CCn1c(SCC(=O)Nc2nccs2)nnc1-c1cn(C)nc1-c1cccc(OC)c1. The molecule has 4 rings (SSSR count). The van der Waals surface area contributed by atoms with E-state index in [2.05, 4.69) is 25.6 Å². The lowest BCUT2D eigenvalue weighted by molar-refractivity contribution is -0.113. The largest absolute Gasteiger partial charge is 0.497 e. The molecule has 0 atom stereocenters. The summed E-state index contributed by atoms with van der Waals surface area (Å²) in [6.45, 7) is 2.68. The van der Waals surface area contributed by atoms with Crippen molar-refractivity contribution < 1.29 is 9.53 Å². The van der Waals surface area contributed by atoms with E-state index in [-0.39, 0.29) is 11.7 Å². The number of rotatable bonds is 8. The van der Waals surface area contributed by atoms with E-state index in [4.69, 9.17) is 4.74 Å². The number of anilines is 1. The molecule has 1 N–H and O–H groups in total. The predicted molar refractivity (Wildman–Crippen MR) is 121 cm³/mol. The Morgan fingerprint density at radius 1 is 1.32 bits per heavy atom. The minimum absolute atomic E-state index is 0.134. The average Bonchev–Trinajstić information content (AvgIpc) is 3.51. The molecule has 3 heterocycles. The smallest absolute Gasteiger partial charge is 0.236 e. The zero-order valence-electron chi connectivity index (χ0n) is 17.3. The fourth-order valence-electron chi connectivity index (χ4n) is 3.09. The second kappa shape index (κ2) is 9.31. The monoisotopic (exact) mass is 455 g/mol. The maximum Gasteiger partial charge on any atom is 0.236 e. The summed E-state index contributed by atoms with van der Waals surface area (Å²) in [5.41, 5.74) is 2.59. The van der Waals surface area contributed by atoms with E-state index in [1.165, 1.54) is 23.1 Å². The first kappa shape index (κ1) is 21.1. The highest BCUT2D eigenvalue weighted by molar-refractivity contribution is 7.99. The Hall–Kier alpha value is -3.18. The summed E-state index contributed by atoms with van der Waals surface area (Å²) in [4.78, 5) is 16.3. The molecule has 0 aliphatic heterocycles. The van der Waals surface area contributed by atoms with Crippen molar-refractivity contribution in [2.24, 2.45) is 7.05 Å². The number of nitrogens with one attached hydrogen (secondary N) is 1. The number of carbonyl (C=O) groups is 1. The van der Waals surface area contributed by atoms with Crippen LogP contribution in [-0.4, -0.2) is 48.3 Å². The number of hydrogen-bond donors (Lipinski definition) is 1. The van der Waals surface area contributed by atoms with Crippen LogP contribution in [0.2, 0.25) is 0 Å². The van der Waals surface area contributed by atoms with Crippen molar-refractivity contribution in [2.75, 3.05) is 18.2 Å². The van der Waals surface area contributed by atoms with Crippen molar-refractivity contribution in [3.05, 3.63) is 42.0 Å². The average molecular weight is 456 g/mol. The van der Waals surface area contributed by atoms with Crippen molar-refractivity contribution >= 4 is 34.1 Å². The van der Waals surface area contributed by atoms with Gasteiger partial charge < -0.3 is 14.6 Å². The van der Waals surface area contributed by atoms with Crippen LogP contribution in [0.5, 0.6) is 5.75 Å². The summed E-state index contributed by atoms with van der Waals surface area (Å²) in [5, 5.41) is 19.2. The van der Waals surface area contributed by atoms with Crippen LogP contribution in [0, 0.1) is 0 Å². The zero-order chi connectivity index (χ0) is 21.8. The molecule has 160 valence electrons. The summed E-state index contributed by atoms with van der Waals surface area (Å²) >= 11 is 2.72. The lowest BCUT2D eigenvalue weighted by Crippen LogP contribution is -2.14. The number of nitrogens with zero attached hydrogens (tertiary/aromatic N) is 6. The molecule has 0 aliphatic rings. The van der Waals surface area contributed by atoms with Crippen LogP contribution in [-0.2, 0) is 18.4 Å². The van der Waals surface area contributed by atoms with E-state index in [1.807, 2.05) is 54.4 Å². The molecular weight excluding hydrogens is 434 g/mol. The Morgan fingerprint density at radius 3 is 2.94 bits per heavy atom. The fourth-order valence-corrected chi connectivity index (χ4v) is 4.43. The minimum Gasteiger partial charge on any atom is -0.497 e. The maximum absolute atomic E-state index is 12.2. The topological polar surface area (TPSA) is 99.8 Å². The highest BCUT2D eigenvalue weighted by Gasteiger charge is 2.21. The Labute approximate surface area is 187 Å². The van der Waals surface area contributed by atoms with Crippen molar-refractivity contribution in [1.29, 1.82) is 0 Å². The normalized spacial score (nSPS) is 10.9. The van der Waals surface area contributed by atoms with E-state index >= 15 is 0 Å². The van der Waals surface area contributed by atoms with Crippen LogP contribution in [0.4, 0.5) is 5.13 Å². The third kappa shape index (κ3) is 4.62. The molecular formula is C20H21N7O2S2. The first-order valence-electron chi connectivity index (χ1n) is 9.52. The molecule has 0 saturated carbocycles. The number of carbonyl (C=O) groups excluding carboxylic acids is 1. The molecule has 31 heavy (non-hydrogen) atoms. The van der Waals surface area contributed by atoms with Gasteiger partial charge in [-0.1, -0.05) is 23.9 Å². The van der Waals surface area contributed by atoms with Gasteiger partial charge in [-0.3, -0.25) is 9.48 Å². The standard InChI is InChI=1S/C20H21N7O2S2/c1-4-27-18(23-24-20(27)31-12-16(28)22-19-21-8-9-30-19)15-11-26(2)25-17(15)13-6-5-7-14(10-13)29-3/h5-11H,4,12H2,1-3H3,(H,21,22,28). The first-order chi connectivity index (χ1) is 15.1. The quantitative estimate of drug-likeness (QED) is 0.406. The first-order valence-corrected chi connectivity index (χ1v) is 11.4. The molecule has 1 aromatic carbocycles. The molecule has 9 nitrogen and oxygen atoms in total. The van der Waals surface area contributed by atoms with Crippen molar-refractivity contribution in [2.45, 2.75) is 18.6 Å². The number of aryl methyl sites for hydroxylation is 1. The number of thiazole rings is 1. The fraction of sp³-hybridized carbons (Fsp3) is 0.250. The molecule has 0 aliphatic carbocycles. The molecule has 3 aromatic heterocycles. The number of ether oxygens (including phenoxy) is 1. The van der Waals surface area contributed by atoms with Crippen molar-refractivity contribution in [3.63, 3.8) is 0 Å². The van der Waals surface area contributed by atoms with Crippen molar-refractivity contribution in [1.82, 2.24) is 29.5 Å². The number of benzene rings is 1. The van der Waals surface area contributed by atoms with Crippen LogP contribution >= 0.6 is 23.1 Å². The van der Waals surface area contributed by atoms with E-state index in [9.17, 15) is 4.79 Å². The molecule has 0 saturated heterocycles. The number of hydrogen-bond acceptors (Lipinski definition) is 8. The molecule has 0 radical (unpaired) electrons. The van der Waals surface area contributed by atoms with Gasteiger partial charge >= 0.3 is 0 Å². The van der Waals surface area contributed by atoms with E-state index in [0.717, 1.165) is 22.6 Å². The molecule has 0 bridgehead atoms. The Kier molecular flexibility index (Phi) is 6.33. The predicted octanol–water partition coefficient (Wildman–Crippen LogP) is 3.56. The van der Waals surface area contributed by atoms with Gasteiger partial charge in [-0.15, -0.1) is 21.5 Å². The second-order valence-corrected chi connectivity index (χ2v) is 8.36. The summed E-state index contributed by atoms with van der Waals surface area (Å²) in [7, 11) is 3.51. The summed E-state index contributed by atoms with van der Waals surface area (Å²) in [6.07, 6.45) is 3.58. The van der Waals surface area contributed by atoms with Crippen LogP contribution in [0.15, 0.2) is 47.2 Å². The van der Waals surface area contributed by atoms with Gasteiger partial charge in [-0.25, -0.2) is 4.98 Å². The number of thioether (sulfide) groups is 1. The van der Waals surface area contributed by atoms with Gasteiger partial charge in [0.2, 0.25) is 5.91 Å². The molecule has 11 heteroatoms. The summed E-state index contributed by atoms with van der Waals surface area (Å²) < 4.78 is 9.10. The zero-order valence-corrected chi connectivity index (χ0v) is 18.9. The molecule has 1 amide bonds.